The van der Waals surface area contributed by atoms with E-state index in [-0.39, 0.29) is 5.41 Å². The van der Waals surface area contributed by atoms with Crippen molar-refractivity contribution < 1.29 is 0 Å². The molecular formula is C13H16N2. The molecule has 1 aliphatic rings. The van der Waals surface area contributed by atoms with Crippen molar-refractivity contribution >= 4 is 0 Å². The van der Waals surface area contributed by atoms with Gasteiger partial charge in [-0.2, -0.15) is 0 Å². The van der Waals surface area contributed by atoms with Gasteiger partial charge in [0.15, 0.2) is 0 Å². The Morgan fingerprint density at radius 3 is 3.00 bits per heavy atom. The van der Waals surface area contributed by atoms with Crippen LogP contribution in [0.1, 0.15) is 39.0 Å². The Kier molecular flexibility index (Phi) is 3.69. The topological polar surface area (TPSA) is 28.1 Å². The van der Waals surface area contributed by atoms with E-state index < -0.39 is 0 Å². The Labute approximate surface area is 91.7 Å². The van der Waals surface area contributed by atoms with Crippen LogP contribution >= 0.6 is 0 Å². The lowest BCUT2D eigenvalue weighted by Crippen LogP contribution is -2.23. The molecule has 78 valence electrons. The molecule has 0 amide bonds. The molecule has 0 N–H and O–H groups in total. The van der Waals surface area contributed by atoms with Crippen molar-refractivity contribution in [3.63, 3.8) is 0 Å². The first-order valence-electron chi connectivity index (χ1n) is 5.30. The minimum atomic E-state index is -0.00435. The Hall–Kier alpha value is -1.54. The molecule has 0 spiro atoms. The van der Waals surface area contributed by atoms with E-state index in [9.17, 15) is 0 Å². The molecule has 0 aliphatic heterocycles. The van der Waals surface area contributed by atoms with Crippen molar-refractivity contribution in [1.29, 1.82) is 5.26 Å². The maximum atomic E-state index is 8.93. The van der Waals surface area contributed by atoms with Crippen LogP contribution in [0.3, 0.4) is 0 Å². The van der Waals surface area contributed by atoms with Gasteiger partial charge in [-0.1, -0.05) is 25.8 Å². The second-order valence-electron chi connectivity index (χ2n) is 4.31. The Morgan fingerprint density at radius 2 is 2.47 bits per heavy atom. The van der Waals surface area contributed by atoms with E-state index >= 15 is 0 Å². The predicted molar refractivity (Wildman–Crippen MR) is 60.6 cm³/mol. The monoisotopic (exact) mass is 200 g/mol. The first-order chi connectivity index (χ1) is 7.18. The number of nitriles is 1. The maximum Gasteiger partial charge on any atom is 0.261 e. The summed E-state index contributed by atoms with van der Waals surface area (Å²) in [6.45, 7) is 12.9. The molecule has 2 nitrogen and oxygen atoms in total. The highest BCUT2D eigenvalue weighted by atomic mass is 14.7. The molecule has 0 aromatic rings. The van der Waals surface area contributed by atoms with E-state index in [4.69, 9.17) is 11.8 Å². The highest BCUT2D eigenvalue weighted by molar-refractivity contribution is 5.37. The van der Waals surface area contributed by atoms with Gasteiger partial charge in [0.2, 0.25) is 0 Å². The van der Waals surface area contributed by atoms with Gasteiger partial charge in [0.1, 0.15) is 0 Å². The molecule has 1 rings (SSSR count). The smallest absolute Gasteiger partial charge is 0.227 e. The predicted octanol–water partition coefficient (Wildman–Crippen LogP) is 3.84. The molecule has 1 saturated carbocycles. The van der Waals surface area contributed by atoms with Crippen molar-refractivity contribution in [2.24, 2.45) is 5.41 Å². The lowest BCUT2D eigenvalue weighted by Gasteiger charge is -2.36. The minimum absolute atomic E-state index is 0.00435. The molecular weight excluding hydrogens is 184 g/mol. The SMILES string of the molecule is [C-]#[N+]/C(C#N)=C1\CCCCC1(C)CC=C. The van der Waals surface area contributed by atoms with E-state index in [1.165, 1.54) is 6.42 Å². The highest BCUT2D eigenvalue weighted by Gasteiger charge is 2.32. The summed E-state index contributed by atoms with van der Waals surface area (Å²) in [5.41, 5.74) is 1.35. The van der Waals surface area contributed by atoms with Gasteiger partial charge in [0, 0.05) is 0 Å². The minimum Gasteiger partial charge on any atom is -0.227 e. The second kappa shape index (κ2) is 4.80. The fourth-order valence-electron chi connectivity index (χ4n) is 2.38. The van der Waals surface area contributed by atoms with E-state index in [1.54, 1.807) is 0 Å². The average Bonchev–Trinajstić information content (AvgIpc) is 2.23. The zero-order valence-electron chi connectivity index (χ0n) is 9.21. The molecule has 15 heavy (non-hydrogen) atoms. The molecule has 0 bridgehead atoms. The van der Waals surface area contributed by atoms with Gasteiger partial charge in [-0.25, -0.2) is 10.1 Å². The molecule has 0 aromatic carbocycles. The first-order valence-corrected chi connectivity index (χ1v) is 5.30. The number of hydrogen-bond donors (Lipinski definition) is 0. The normalized spacial score (nSPS) is 28.7. The van der Waals surface area contributed by atoms with Crippen molar-refractivity contribution in [2.75, 3.05) is 0 Å². The molecule has 1 fully saturated rings. The molecule has 2 heteroatoms. The van der Waals surface area contributed by atoms with Crippen molar-refractivity contribution in [3.8, 4) is 6.07 Å². The second-order valence-corrected chi connectivity index (χ2v) is 4.31. The van der Waals surface area contributed by atoms with Gasteiger partial charge in [0.25, 0.3) is 5.70 Å². The standard InChI is InChI=1S/C13H16N2/c1-4-8-13(2)9-6-5-7-11(13)12(10-14)15-3/h4H,1,5-9H2,2H3/b12-11+. The van der Waals surface area contributed by atoms with Gasteiger partial charge >= 0.3 is 0 Å². The van der Waals surface area contributed by atoms with Crippen LogP contribution in [0, 0.1) is 23.3 Å². The molecule has 0 heterocycles. The lowest BCUT2D eigenvalue weighted by molar-refractivity contribution is 0.305. The van der Waals surface area contributed by atoms with Crippen molar-refractivity contribution in [3.05, 3.63) is 35.3 Å². The Bertz CT molecular complexity index is 349. The summed E-state index contributed by atoms with van der Waals surface area (Å²) in [6, 6.07) is 2.03. The summed E-state index contributed by atoms with van der Waals surface area (Å²) >= 11 is 0. The molecule has 1 unspecified atom stereocenters. The molecule has 0 aromatic heterocycles. The van der Waals surface area contributed by atoms with Gasteiger partial charge in [-0.15, -0.1) is 6.58 Å². The largest absolute Gasteiger partial charge is 0.261 e. The van der Waals surface area contributed by atoms with Crippen LogP contribution in [-0.2, 0) is 0 Å². The Balaban J connectivity index is 3.14. The average molecular weight is 200 g/mol. The number of allylic oxidation sites excluding steroid dienone is 3. The molecule has 0 radical (unpaired) electrons. The van der Waals surface area contributed by atoms with Crippen LogP contribution in [0.5, 0.6) is 0 Å². The van der Waals surface area contributed by atoms with Crippen molar-refractivity contribution in [2.45, 2.75) is 39.0 Å². The Morgan fingerprint density at radius 1 is 1.73 bits per heavy atom. The summed E-state index contributed by atoms with van der Waals surface area (Å²) in [5, 5.41) is 8.93. The fraction of sp³-hybridized carbons (Fsp3) is 0.538. The summed E-state index contributed by atoms with van der Waals surface area (Å²) in [4.78, 5) is 3.34. The van der Waals surface area contributed by atoms with Gasteiger partial charge < -0.3 is 0 Å². The van der Waals surface area contributed by atoms with E-state index in [0.29, 0.717) is 5.70 Å². The first kappa shape index (κ1) is 11.5. The summed E-state index contributed by atoms with van der Waals surface area (Å²) in [6.07, 6.45) is 7.01. The van der Waals surface area contributed by atoms with Crippen LogP contribution in [0.15, 0.2) is 23.9 Å². The maximum absolute atomic E-state index is 8.93. The van der Waals surface area contributed by atoms with Gasteiger partial charge in [-0.05, 0) is 30.3 Å². The third-order valence-corrected chi connectivity index (χ3v) is 3.23. The molecule has 0 saturated heterocycles. The third kappa shape index (κ3) is 2.28. The number of hydrogen-bond acceptors (Lipinski definition) is 1. The number of nitrogens with zero attached hydrogens (tertiary/aromatic N) is 2. The fourth-order valence-corrected chi connectivity index (χ4v) is 2.38. The summed E-state index contributed by atoms with van der Waals surface area (Å²) in [7, 11) is 0. The van der Waals surface area contributed by atoms with Crippen LogP contribution in [0.25, 0.3) is 4.85 Å². The summed E-state index contributed by atoms with van der Waals surface area (Å²) < 4.78 is 0. The van der Waals surface area contributed by atoms with E-state index in [0.717, 1.165) is 31.3 Å². The van der Waals surface area contributed by atoms with Crippen LogP contribution in [-0.4, -0.2) is 0 Å². The van der Waals surface area contributed by atoms with Gasteiger partial charge in [-0.3, -0.25) is 0 Å². The van der Waals surface area contributed by atoms with Gasteiger partial charge in [0.05, 0.1) is 12.6 Å². The lowest BCUT2D eigenvalue weighted by atomic mass is 9.69. The van der Waals surface area contributed by atoms with Crippen LogP contribution in [0.2, 0.25) is 0 Å². The van der Waals surface area contributed by atoms with Crippen molar-refractivity contribution in [1.82, 2.24) is 0 Å². The third-order valence-electron chi connectivity index (χ3n) is 3.23. The molecule has 1 aliphatic carbocycles. The highest BCUT2D eigenvalue weighted by Crippen LogP contribution is 2.45. The number of rotatable bonds is 2. The summed E-state index contributed by atoms with van der Waals surface area (Å²) in [5.74, 6) is 0. The van der Waals surface area contributed by atoms with E-state index in [2.05, 4.69) is 18.3 Å². The quantitative estimate of drug-likeness (QED) is 0.378. The zero-order valence-corrected chi connectivity index (χ0v) is 9.21. The zero-order chi connectivity index (χ0) is 11.3. The van der Waals surface area contributed by atoms with Crippen LogP contribution < -0.4 is 0 Å². The van der Waals surface area contributed by atoms with Crippen LogP contribution in [0.4, 0.5) is 0 Å². The molecule has 1 atom stereocenters. The van der Waals surface area contributed by atoms with E-state index in [1.807, 2.05) is 12.1 Å².